The Balaban J connectivity index is 1.87. The Kier molecular flexibility index (Phi) is 4.61. The van der Waals surface area contributed by atoms with E-state index in [1.165, 1.54) is 11.6 Å². The van der Waals surface area contributed by atoms with E-state index in [4.69, 9.17) is 0 Å². The first-order chi connectivity index (χ1) is 11.9. The second-order valence-electron chi connectivity index (χ2n) is 5.81. The van der Waals surface area contributed by atoms with Crippen molar-refractivity contribution in [3.05, 3.63) is 71.1 Å². The molecule has 1 aromatic heterocycles. The molecule has 0 fully saturated rings. The van der Waals surface area contributed by atoms with Crippen LogP contribution in [0.5, 0.6) is 0 Å². The van der Waals surface area contributed by atoms with Crippen molar-refractivity contribution in [2.24, 2.45) is 0 Å². The van der Waals surface area contributed by atoms with Gasteiger partial charge in [0.05, 0.1) is 0 Å². The molecular weight excluding hydrogens is 322 g/mol. The fourth-order valence-corrected chi connectivity index (χ4v) is 2.44. The highest BCUT2D eigenvalue weighted by Gasteiger charge is 2.07. The summed E-state index contributed by atoms with van der Waals surface area (Å²) in [4.78, 5) is 8.66. The highest BCUT2D eigenvalue weighted by Crippen LogP contribution is 2.24. The van der Waals surface area contributed by atoms with Gasteiger partial charge in [0.1, 0.15) is 17.5 Å². The van der Waals surface area contributed by atoms with Gasteiger partial charge in [0, 0.05) is 23.5 Å². The fraction of sp³-hybridized carbons (Fsp3) is 0.158. The van der Waals surface area contributed by atoms with Crippen LogP contribution >= 0.6 is 0 Å². The maximum atomic E-state index is 13.4. The standard InChI is InChI=1S/C19H18F2N4/c1-11-5-4-6-17(12(11)2)25-19-10-18(22-13(3)23-19)24-14-7-8-15(20)16(21)9-14/h4-10H,1-3H3,(H2,22,23,24,25). The SMILES string of the molecule is Cc1nc(Nc2ccc(F)c(F)c2)cc(Nc2cccc(C)c2C)n1. The molecular formula is C19H18F2N4. The number of rotatable bonds is 4. The highest BCUT2D eigenvalue weighted by atomic mass is 19.2. The predicted octanol–water partition coefficient (Wildman–Crippen LogP) is 5.17. The summed E-state index contributed by atoms with van der Waals surface area (Å²) in [5.41, 5.74) is 3.68. The van der Waals surface area contributed by atoms with E-state index < -0.39 is 11.6 Å². The number of anilines is 4. The Hall–Kier alpha value is -3.02. The first-order valence-electron chi connectivity index (χ1n) is 7.83. The monoisotopic (exact) mass is 340 g/mol. The topological polar surface area (TPSA) is 49.8 Å². The van der Waals surface area contributed by atoms with Crippen molar-refractivity contribution in [3.8, 4) is 0 Å². The van der Waals surface area contributed by atoms with Crippen molar-refractivity contribution in [2.45, 2.75) is 20.8 Å². The maximum absolute atomic E-state index is 13.4. The summed E-state index contributed by atoms with van der Waals surface area (Å²) < 4.78 is 26.4. The Labute approximate surface area is 145 Å². The van der Waals surface area contributed by atoms with Crippen molar-refractivity contribution in [2.75, 3.05) is 10.6 Å². The molecule has 0 spiro atoms. The number of benzene rings is 2. The van der Waals surface area contributed by atoms with E-state index in [2.05, 4.69) is 20.6 Å². The van der Waals surface area contributed by atoms with Crippen molar-refractivity contribution in [3.63, 3.8) is 0 Å². The minimum Gasteiger partial charge on any atom is -0.340 e. The molecule has 0 aliphatic heterocycles. The second-order valence-corrected chi connectivity index (χ2v) is 5.81. The molecule has 128 valence electrons. The molecule has 0 saturated carbocycles. The lowest BCUT2D eigenvalue weighted by Crippen LogP contribution is -2.03. The summed E-state index contributed by atoms with van der Waals surface area (Å²) in [5.74, 6) is -0.135. The van der Waals surface area contributed by atoms with Gasteiger partial charge in [-0.3, -0.25) is 0 Å². The number of nitrogens with zero attached hydrogens (tertiary/aromatic N) is 2. The van der Waals surface area contributed by atoms with Gasteiger partial charge in [0.25, 0.3) is 0 Å². The molecule has 0 bridgehead atoms. The largest absolute Gasteiger partial charge is 0.340 e. The van der Waals surface area contributed by atoms with E-state index in [0.717, 1.165) is 23.4 Å². The third-order valence-electron chi connectivity index (χ3n) is 3.90. The molecule has 1 heterocycles. The molecule has 4 nitrogen and oxygen atoms in total. The van der Waals surface area contributed by atoms with Crippen LogP contribution in [-0.4, -0.2) is 9.97 Å². The van der Waals surface area contributed by atoms with Crippen LogP contribution in [0.25, 0.3) is 0 Å². The molecule has 0 saturated heterocycles. The summed E-state index contributed by atoms with van der Waals surface area (Å²) in [6.45, 7) is 5.85. The molecule has 2 aromatic carbocycles. The zero-order valence-corrected chi connectivity index (χ0v) is 14.2. The van der Waals surface area contributed by atoms with Crippen molar-refractivity contribution < 1.29 is 8.78 Å². The lowest BCUT2D eigenvalue weighted by Gasteiger charge is -2.13. The van der Waals surface area contributed by atoms with Crippen molar-refractivity contribution in [1.29, 1.82) is 0 Å². The van der Waals surface area contributed by atoms with Crippen molar-refractivity contribution >= 4 is 23.0 Å². The third kappa shape index (κ3) is 3.91. The molecule has 0 unspecified atom stereocenters. The van der Waals surface area contributed by atoms with Gasteiger partial charge in [-0.1, -0.05) is 12.1 Å². The average molecular weight is 340 g/mol. The molecule has 6 heteroatoms. The smallest absolute Gasteiger partial charge is 0.160 e. The van der Waals surface area contributed by atoms with Gasteiger partial charge in [-0.05, 0) is 50.1 Å². The number of hydrogen-bond acceptors (Lipinski definition) is 4. The Morgan fingerprint density at radius 2 is 1.52 bits per heavy atom. The minimum atomic E-state index is -0.912. The Bertz CT molecular complexity index is 925. The summed E-state index contributed by atoms with van der Waals surface area (Å²) in [7, 11) is 0. The van der Waals surface area contributed by atoms with Gasteiger partial charge in [-0.25, -0.2) is 18.7 Å². The number of nitrogens with one attached hydrogen (secondary N) is 2. The lowest BCUT2D eigenvalue weighted by atomic mass is 10.1. The van der Waals surface area contributed by atoms with Crippen LogP contribution in [0.2, 0.25) is 0 Å². The fourth-order valence-electron chi connectivity index (χ4n) is 2.44. The molecule has 0 radical (unpaired) electrons. The van der Waals surface area contributed by atoms with Gasteiger partial charge in [0.2, 0.25) is 0 Å². The number of aromatic nitrogens is 2. The normalized spacial score (nSPS) is 10.6. The highest BCUT2D eigenvalue weighted by molar-refractivity contribution is 5.65. The average Bonchev–Trinajstić information content (AvgIpc) is 2.55. The maximum Gasteiger partial charge on any atom is 0.160 e. The molecule has 3 rings (SSSR count). The van der Waals surface area contributed by atoms with Crippen LogP contribution in [0.3, 0.4) is 0 Å². The molecule has 0 amide bonds. The van der Waals surface area contributed by atoms with Crippen LogP contribution in [0.15, 0.2) is 42.5 Å². The first-order valence-corrected chi connectivity index (χ1v) is 7.83. The van der Waals surface area contributed by atoms with E-state index in [9.17, 15) is 8.78 Å². The number of hydrogen-bond donors (Lipinski definition) is 2. The molecule has 0 aliphatic rings. The van der Waals surface area contributed by atoms with Gasteiger partial charge in [-0.2, -0.15) is 0 Å². The first kappa shape index (κ1) is 16.8. The number of halogens is 2. The Morgan fingerprint density at radius 1 is 0.800 bits per heavy atom. The van der Waals surface area contributed by atoms with E-state index in [1.54, 1.807) is 13.0 Å². The van der Waals surface area contributed by atoms with Gasteiger partial charge in [0.15, 0.2) is 11.6 Å². The summed E-state index contributed by atoms with van der Waals surface area (Å²) >= 11 is 0. The molecule has 25 heavy (non-hydrogen) atoms. The molecule has 3 aromatic rings. The Morgan fingerprint density at radius 3 is 2.24 bits per heavy atom. The van der Waals surface area contributed by atoms with E-state index in [0.29, 0.717) is 23.1 Å². The second kappa shape index (κ2) is 6.84. The predicted molar refractivity (Wildman–Crippen MR) is 95.6 cm³/mol. The van der Waals surface area contributed by atoms with Crippen LogP contribution in [-0.2, 0) is 0 Å². The van der Waals surface area contributed by atoms with Gasteiger partial charge >= 0.3 is 0 Å². The van der Waals surface area contributed by atoms with Crippen LogP contribution in [0, 0.1) is 32.4 Å². The van der Waals surface area contributed by atoms with E-state index in [-0.39, 0.29) is 0 Å². The minimum absolute atomic E-state index is 0.412. The zero-order chi connectivity index (χ0) is 18.0. The molecule has 0 aliphatic carbocycles. The third-order valence-corrected chi connectivity index (χ3v) is 3.90. The summed E-state index contributed by atoms with van der Waals surface area (Å²) in [6, 6.07) is 11.3. The van der Waals surface area contributed by atoms with E-state index >= 15 is 0 Å². The molecule has 0 atom stereocenters. The van der Waals surface area contributed by atoms with E-state index in [1.807, 2.05) is 32.0 Å². The summed E-state index contributed by atoms with van der Waals surface area (Å²) in [5, 5.41) is 6.24. The van der Waals surface area contributed by atoms with Crippen LogP contribution < -0.4 is 10.6 Å². The lowest BCUT2D eigenvalue weighted by molar-refractivity contribution is 0.509. The summed E-state index contributed by atoms with van der Waals surface area (Å²) in [6.07, 6.45) is 0. The van der Waals surface area contributed by atoms with Crippen molar-refractivity contribution in [1.82, 2.24) is 9.97 Å². The van der Waals surface area contributed by atoms with Gasteiger partial charge in [-0.15, -0.1) is 0 Å². The quantitative estimate of drug-likeness (QED) is 0.688. The molecule has 2 N–H and O–H groups in total. The zero-order valence-electron chi connectivity index (χ0n) is 14.2. The van der Waals surface area contributed by atoms with Crippen LogP contribution in [0.1, 0.15) is 17.0 Å². The van der Waals surface area contributed by atoms with Crippen LogP contribution in [0.4, 0.5) is 31.8 Å². The number of aryl methyl sites for hydroxylation is 2. The van der Waals surface area contributed by atoms with Gasteiger partial charge < -0.3 is 10.6 Å².